The van der Waals surface area contributed by atoms with Gasteiger partial charge in [0, 0.05) is 25.7 Å². The highest BCUT2D eigenvalue weighted by molar-refractivity contribution is 5.38. The molecule has 1 aromatic heterocycles. The lowest BCUT2D eigenvalue weighted by molar-refractivity contribution is 0.168. The predicted octanol–water partition coefficient (Wildman–Crippen LogP) is 2.08. The zero-order chi connectivity index (χ0) is 16.1. The molecule has 2 unspecified atom stereocenters. The van der Waals surface area contributed by atoms with Gasteiger partial charge in [0.15, 0.2) is 5.82 Å². The van der Waals surface area contributed by atoms with E-state index in [9.17, 15) is 5.11 Å². The van der Waals surface area contributed by atoms with Crippen LogP contribution in [0.2, 0.25) is 0 Å². The zero-order valence-electron chi connectivity index (χ0n) is 13.5. The molecule has 1 aromatic carbocycles. The summed E-state index contributed by atoms with van der Waals surface area (Å²) in [5.41, 5.74) is 1.89. The van der Waals surface area contributed by atoms with Crippen molar-refractivity contribution in [3.63, 3.8) is 0 Å². The van der Waals surface area contributed by atoms with Gasteiger partial charge in [-0.05, 0) is 37.5 Å². The number of nitrogens with one attached hydrogen (secondary N) is 1. The van der Waals surface area contributed by atoms with E-state index in [0.29, 0.717) is 12.6 Å². The fourth-order valence-electron chi connectivity index (χ4n) is 2.98. The van der Waals surface area contributed by atoms with E-state index in [2.05, 4.69) is 20.4 Å². The lowest BCUT2D eigenvalue weighted by Crippen LogP contribution is -2.47. The standard InChI is InChI=1S/C18H24N4O/c1-14-9-10-18(21-20-14)22-11-5-8-16(13-22)19-12-17(23)15-6-3-2-4-7-15/h2-4,6-7,9-10,16-17,19,23H,5,8,11-13H2,1H3. The first-order valence-electron chi connectivity index (χ1n) is 8.24. The second-order valence-electron chi connectivity index (χ2n) is 6.15. The number of benzene rings is 1. The van der Waals surface area contributed by atoms with Gasteiger partial charge in [-0.1, -0.05) is 30.3 Å². The number of aliphatic hydroxyl groups is 1. The highest BCUT2D eigenvalue weighted by Gasteiger charge is 2.21. The Labute approximate surface area is 137 Å². The molecule has 0 spiro atoms. The smallest absolute Gasteiger partial charge is 0.151 e. The molecule has 0 bridgehead atoms. The second-order valence-corrected chi connectivity index (χ2v) is 6.15. The van der Waals surface area contributed by atoms with E-state index in [1.807, 2.05) is 49.4 Å². The normalized spacial score (nSPS) is 19.6. The number of nitrogens with zero attached hydrogens (tertiary/aromatic N) is 3. The molecule has 5 heteroatoms. The lowest BCUT2D eigenvalue weighted by atomic mass is 10.0. The fourth-order valence-corrected chi connectivity index (χ4v) is 2.98. The van der Waals surface area contributed by atoms with Crippen LogP contribution < -0.4 is 10.2 Å². The molecule has 0 amide bonds. The summed E-state index contributed by atoms with van der Waals surface area (Å²) in [7, 11) is 0. The Hall–Kier alpha value is -1.98. The van der Waals surface area contributed by atoms with E-state index >= 15 is 0 Å². The average molecular weight is 312 g/mol. The van der Waals surface area contributed by atoms with Gasteiger partial charge in [-0.2, -0.15) is 5.10 Å². The van der Waals surface area contributed by atoms with E-state index in [1.54, 1.807) is 0 Å². The van der Waals surface area contributed by atoms with Crippen molar-refractivity contribution in [3.05, 3.63) is 53.7 Å². The molecule has 3 rings (SSSR count). The maximum Gasteiger partial charge on any atom is 0.151 e. The number of rotatable bonds is 5. The first-order valence-corrected chi connectivity index (χ1v) is 8.24. The van der Waals surface area contributed by atoms with Crippen LogP contribution in [0.1, 0.15) is 30.2 Å². The highest BCUT2D eigenvalue weighted by atomic mass is 16.3. The number of aryl methyl sites for hydroxylation is 1. The number of hydrogen-bond acceptors (Lipinski definition) is 5. The van der Waals surface area contributed by atoms with Crippen molar-refractivity contribution in [2.24, 2.45) is 0 Å². The predicted molar refractivity (Wildman–Crippen MR) is 91.4 cm³/mol. The molecule has 0 radical (unpaired) electrons. The maximum absolute atomic E-state index is 10.3. The molecule has 122 valence electrons. The summed E-state index contributed by atoms with van der Waals surface area (Å²) in [4.78, 5) is 2.27. The molecule has 2 aromatic rings. The first kappa shape index (κ1) is 15.9. The monoisotopic (exact) mass is 312 g/mol. The number of hydrogen-bond donors (Lipinski definition) is 2. The number of aliphatic hydroxyl groups excluding tert-OH is 1. The van der Waals surface area contributed by atoms with Gasteiger partial charge in [0.1, 0.15) is 0 Å². The molecule has 2 N–H and O–H groups in total. The van der Waals surface area contributed by atoms with Crippen molar-refractivity contribution in [2.45, 2.75) is 31.9 Å². The number of piperidine rings is 1. The lowest BCUT2D eigenvalue weighted by Gasteiger charge is -2.34. The van der Waals surface area contributed by atoms with Crippen LogP contribution in [0.4, 0.5) is 5.82 Å². The van der Waals surface area contributed by atoms with Crippen molar-refractivity contribution in [2.75, 3.05) is 24.5 Å². The Kier molecular flexibility index (Phi) is 5.20. The number of aromatic nitrogens is 2. The van der Waals surface area contributed by atoms with E-state index in [-0.39, 0.29) is 0 Å². The highest BCUT2D eigenvalue weighted by Crippen LogP contribution is 2.18. The first-order chi connectivity index (χ1) is 11.2. The minimum atomic E-state index is -0.467. The van der Waals surface area contributed by atoms with Crippen LogP contribution in [0.5, 0.6) is 0 Å². The van der Waals surface area contributed by atoms with Gasteiger partial charge < -0.3 is 15.3 Å². The van der Waals surface area contributed by atoms with Crippen LogP contribution in [0.3, 0.4) is 0 Å². The molecule has 1 aliphatic rings. The Bertz CT molecular complexity index is 602. The van der Waals surface area contributed by atoms with Gasteiger partial charge in [0.25, 0.3) is 0 Å². The minimum absolute atomic E-state index is 0.366. The van der Waals surface area contributed by atoms with Crippen molar-refractivity contribution >= 4 is 5.82 Å². The summed E-state index contributed by atoms with van der Waals surface area (Å²) < 4.78 is 0. The molecule has 23 heavy (non-hydrogen) atoms. The van der Waals surface area contributed by atoms with Crippen LogP contribution >= 0.6 is 0 Å². The van der Waals surface area contributed by atoms with Crippen LogP contribution in [0.15, 0.2) is 42.5 Å². The van der Waals surface area contributed by atoms with Crippen molar-refractivity contribution in [3.8, 4) is 0 Å². The molecule has 0 aliphatic carbocycles. The SMILES string of the molecule is Cc1ccc(N2CCCC(NCC(O)c3ccccc3)C2)nn1. The third-order valence-corrected chi connectivity index (χ3v) is 4.31. The molecule has 0 saturated carbocycles. The molecule has 5 nitrogen and oxygen atoms in total. The number of anilines is 1. The summed E-state index contributed by atoms with van der Waals surface area (Å²) in [6, 6.07) is 14.2. The Morgan fingerprint density at radius 1 is 1.22 bits per heavy atom. The molecule has 1 fully saturated rings. The van der Waals surface area contributed by atoms with E-state index in [0.717, 1.165) is 43.0 Å². The zero-order valence-corrected chi connectivity index (χ0v) is 13.5. The quantitative estimate of drug-likeness (QED) is 0.885. The third kappa shape index (κ3) is 4.27. The Balaban J connectivity index is 1.53. The molecular formula is C18H24N4O. The van der Waals surface area contributed by atoms with Gasteiger partial charge >= 0.3 is 0 Å². The van der Waals surface area contributed by atoms with Gasteiger partial charge in [0.05, 0.1) is 11.8 Å². The maximum atomic E-state index is 10.3. The van der Waals surface area contributed by atoms with E-state index < -0.39 is 6.10 Å². The van der Waals surface area contributed by atoms with Gasteiger partial charge in [-0.25, -0.2) is 0 Å². The van der Waals surface area contributed by atoms with Crippen molar-refractivity contribution in [1.29, 1.82) is 0 Å². The summed E-state index contributed by atoms with van der Waals surface area (Å²) in [5, 5.41) is 22.2. The van der Waals surface area contributed by atoms with Crippen LogP contribution in [-0.2, 0) is 0 Å². The fraction of sp³-hybridized carbons (Fsp3) is 0.444. The van der Waals surface area contributed by atoms with Crippen LogP contribution in [-0.4, -0.2) is 41.0 Å². The summed E-state index contributed by atoms with van der Waals surface area (Å²) >= 11 is 0. The van der Waals surface area contributed by atoms with Gasteiger partial charge in [-0.15, -0.1) is 5.10 Å². The van der Waals surface area contributed by atoms with Crippen molar-refractivity contribution < 1.29 is 5.11 Å². The Morgan fingerprint density at radius 2 is 2.04 bits per heavy atom. The van der Waals surface area contributed by atoms with E-state index in [1.165, 1.54) is 0 Å². The van der Waals surface area contributed by atoms with Crippen LogP contribution in [0.25, 0.3) is 0 Å². The largest absolute Gasteiger partial charge is 0.387 e. The molecule has 1 saturated heterocycles. The topological polar surface area (TPSA) is 61.3 Å². The third-order valence-electron chi connectivity index (χ3n) is 4.31. The minimum Gasteiger partial charge on any atom is -0.387 e. The van der Waals surface area contributed by atoms with Gasteiger partial charge in [0.2, 0.25) is 0 Å². The average Bonchev–Trinajstić information content (AvgIpc) is 2.61. The van der Waals surface area contributed by atoms with E-state index in [4.69, 9.17) is 0 Å². The summed E-state index contributed by atoms with van der Waals surface area (Å²) in [6.45, 7) is 4.43. The van der Waals surface area contributed by atoms with Crippen molar-refractivity contribution in [1.82, 2.24) is 15.5 Å². The molecule has 2 heterocycles. The molecule has 2 atom stereocenters. The summed E-state index contributed by atoms with van der Waals surface area (Å²) in [5.74, 6) is 0.936. The Morgan fingerprint density at radius 3 is 2.78 bits per heavy atom. The summed E-state index contributed by atoms with van der Waals surface area (Å²) in [6.07, 6.45) is 1.78. The molecular weight excluding hydrogens is 288 g/mol. The van der Waals surface area contributed by atoms with Gasteiger partial charge in [-0.3, -0.25) is 0 Å². The molecule has 1 aliphatic heterocycles. The van der Waals surface area contributed by atoms with Crippen LogP contribution in [0, 0.1) is 6.92 Å². The second kappa shape index (κ2) is 7.53.